The number of nitro groups is 1. The molecule has 3 N–H and O–H groups in total. The predicted octanol–water partition coefficient (Wildman–Crippen LogP) is 2.51. The van der Waals surface area contributed by atoms with Crippen molar-refractivity contribution in [2.45, 2.75) is 26.2 Å². The van der Waals surface area contributed by atoms with Crippen molar-refractivity contribution < 1.29 is 4.92 Å². The summed E-state index contributed by atoms with van der Waals surface area (Å²) in [7, 11) is 0. The highest BCUT2D eigenvalue weighted by molar-refractivity contribution is 5.76. The van der Waals surface area contributed by atoms with Crippen molar-refractivity contribution in [1.29, 1.82) is 0 Å². The van der Waals surface area contributed by atoms with Crippen molar-refractivity contribution in [3.8, 4) is 0 Å². The number of nitrogens with one attached hydrogen (secondary N) is 1. The normalized spacial score (nSPS) is 14.8. The molecule has 6 heteroatoms. The molecular weight excluding hydrogens is 244 g/mol. The van der Waals surface area contributed by atoms with Crippen LogP contribution in [-0.2, 0) is 0 Å². The van der Waals surface area contributed by atoms with Gasteiger partial charge in [0.25, 0.3) is 0 Å². The SMILES string of the molecule is CCN(CC1CCC1)c1cccc(NN)c1[N+](=O)[O-]. The summed E-state index contributed by atoms with van der Waals surface area (Å²) in [6, 6.07) is 5.21. The molecule has 1 saturated carbocycles. The third-order valence-corrected chi connectivity index (χ3v) is 3.78. The average Bonchev–Trinajstić information content (AvgIpc) is 2.36. The lowest BCUT2D eigenvalue weighted by Crippen LogP contribution is -2.33. The van der Waals surface area contributed by atoms with E-state index in [1.54, 1.807) is 18.2 Å². The minimum Gasteiger partial charge on any atom is -0.366 e. The van der Waals surface area contributed by atoms with Crippen LogP contribution >= 0.6 is 0 Å². The maximum atomic E-state index is 11.3. The summed E-state index contributed by atoms with van der Waals surface area (Å²) in [6.07, 6.45) is 3.72. The molecule has 1 aromatic rings. The molecular formula is C13H20N4O2. The molecule has 0 atom stereocenters. The fourth-order valence-corrected chi connectivity index (χ4v) is 2.48. The van der Waals surface area contributed by atoms with Crippen molar-refractivity contribution in [1.82, 2.24) is 0 Å². The third kappa shape index (κ3) is 2.78. The highest BCUT2D eigenvalue weighted by atomic mass is 16.6. The van der Waals surface area contributed by atoms with Crippen LogP contribution in [0.5, 0.6) is 0 Å². The Morgan fingerprint density at radius 2 is 2.26 bits per heavy atom. The van der Waals surface area contributed by atoms with E-state index in [1.807, 2.05) is 6.92 Å². The number of para-hydroxylation sites is 1. The first-order valence-corrected chi connectivity index (χ1v) is 6.66. The Morgan fingerprint density at radius 1 is 1.53 bits per heavy atom. The van der Waals surface area contributed by atoms with Gasteiger partial charge in [0.15, 0.2) is 0 Å². The number of hydrogen-bond acceptors (Lipinski definition) is 5. The molecule has 1 aliphatic carbocycles. The number of hydrazine groups is 1. The van der Waals surface area contributed by atoms with Crippen molar-refractivity contribution in [3.05, 3.63) is 28.3 Å². The number of nitrogens with two attached hydrogens (primary N) is 1. The zero-order chi connectivity index (χ0) is 13.8. The molecule has 0 amide bonds. The van der Waals surface area contributed by atoms with Crippen molar-refractivity contribution in [2.75, 3.05) is 23.4 Å². The van der Waals surface area contributed by atoms with Gasteiger partial charge in [-0.25, -0.2) is 0 Å². The Bertz CT molecular complexity index is 460. The van der Waals surface area contributed by atoms with Crippen LogP contribution in [0.4, 0.5) is 17.1 Å². The van der Waals surface area contributed by atoms with Crippen LogP contribution in [0.1, 0.15) is 26.2 Å². The van der Waals surface area contributed by atoms with E-state index in [9.17, 15) is 10.1 Å². The largest absolute Gasteiger partial charge is 0.366 e. The first-order chi connectivity index (χ1) is 9.17. The fraction of sp³-hybridized carbons (Fsp3) is 0.538. The molecule has 0 heterocycles. The highest BCUT2D eigenvalue weighted by Crippen LogP contribution is 2.37. The second-order valence-corrected chi connectivity index (χ2v) is 4.91. The molecule has 104 valence electrons. The van der Waals surface area contributed by atoms with Gasteiger partial charge in [-0.15, -0.1) is 0 Å². The van der Waals surface area contributed by atoms with Crippen LogP contribution in [0.2, 0.25) is 0 Å². The summed E-state index contributed by atoms with van der Waals surface area (Å²) in [5, 5.41) is 11.3. The Kier molecular flexibility index (Phi) is 4.21. The van der Waals surface area contributed by atoms with Crippen LogP contribution in [0.25, 0.3) is 0 Å². The number of hydrogen-bond donors (Lipinski definition) is 2. The Hall–Kier alpha value is -1.82. The Labute approximate surface area is 112 Å². The lowest BCUT2D eigenvalue weighted by atomic mass is 9.85. The lowest BCUT2D eigenvalue weighted by Gasteiger charge is -2.33. The minimum atomic E-state index is -0.367. The standard InChI is InChI=1S/C13H20N4O2/c1-2-16(9-10-5-3-6-10)12-8-4-7-11(15-14)13(12)17(18)19/h4,7-8,10,15H,2-3,5-6,9,14H2,1H3. The average molecular weight is 264 g/mol. The van der Waals surface area contributed by atoms with Gasteiger partial charge in [-0.3, -0.25) is 16.0 Å². The maximum absolute atomic E-state index is 11.3. The highest BCUT2D eigenvalue weighted by Gasteiger charge is 2.26. The monoisotopic (exact) mass is 264 g/mol. The summed E-state index contributed by atoms with van der Waals surface area (Å²) in [4.78, 5) is 13.0. The minimum absolute atomic E-state index is 0.0613. The molecule has 0 aromatic heterocycles. The molecule has 6 nitrogen and oxygen atoms in total. The van der Waals surface area contributed by atoms with Crippen molar-refractivity contribution in [2.24, 2.45) is 11.8 Å². The zero-order valence-electron chi connectivity index (χ0n) is 11.1. The van der Waals surface area contributed by atoms with E-state index in [0.29, 0.717) is 17.3 Å². The zero-order valence-corrected chi connectivity index (χ0v) is 11.1. The van der Waals surface area contributed by atoms with E-state index in [1.165, 1.54) is 19.3 Å². The van der Waals surface area contributed by atoms with Gasteiger partial charge in [0.2, 0.25) is 0 Å². The molecule has 0 radical (unpaired) electrons. The quantitative estimate of drug-likeness (QED) is 0.468. The van der Waals surface area contributed by atoms with Crippen LogP contribution in [0, 0.1) is 16.0 Å². The van der Waals surface area contributed by atoms with Gasteiger partial charge in [0.1, 0.15) is 11.4 Å². The third-order valence-electron chi connectivity index (χ3n) is 3.78. The van der Waals surface area contributed by atoms with E-state index in [-0.39, 0.29) is 10.6 Å². The van der Waals surface area contributed by atoms with E-state index in [4.69, 9.17) is 5.84 Å². The number of anilines is 2. The fourth-order valence-electron chi connectivity index (χ4n) is 2.48. The molecule has 0 aliphatic heterocycles. The van der Waals surface area contributed by atoms with Crippen LogP contribution < -0.4 is 16.2 Å². The summed E-state index contributed by atoms with van der Waals surface area (Å²) in [5.74, 6) is 6.03. The smallest absolute Gasteiger partial charge is 0.316 e. The number of benzene rings is 1. The first kappa shape index (κ1) is 13.6. The second kappa shape index (κ2) is 5.88. The lowest BCUT2D eigenvalue weighted by molar-refractivity contribution is -0.383. The van der Waals surface area contributed by atoms with Gasteiger partial charge in [0, 0.05) is 13.1 Å². The number of nitrogens with zero attached hydrogens (tertiary/aromatic N) is 2. The number of nitrogen functional groups attached to an aromatic ring is 1. The van der Waals surface area contributed by atoms with Crippen LogP contribution in [0.3, 0.4) is 0 Å². The van der Waals surface area contributed by atoms with Crippen LogP contribution in [-0.4, -0.2) is 18.0 Å². The molecule has 2 rings (SSSR count). The van der Waals surface area contributed by atoms with Gasteiger partial charge in [0.05, 0.1) is 4.92 Å². The molecule has 1 fully saturated rings. The predicted molar refractivity (Wildman–Crippen MR) is 76.1 cm³/mol. The maximum Gasteiger partial charge on any atom is 0.316 e. The first-order valence-electron chi connectivity index (χ1n) is 6.66. The van der Waals surface area contributed by atoms with Gasteiger partial charge in [-0.1, -0.05) is 12.5 Å². The molecule has 0 saturated heterocycles. The molecule has 0 bridgehead atoms. The van der Waals surface area contributed by atoms with E-state index in [0.717, 1.165) is 13.1 Å². The molecule has 0 unspecified atom stereocenters. The molecule has 1 aromatic carbocycles. The van der Waals surface area contributed by atoms with Crippen LogP contribution in [0.15, 0.2) is 18.2 Å². The summed E-state index contributed by atoms with van der Waals surface area (Å²) >= 11 is 0. The van der Waals surface area contributed by atoms with Gasteiger partial charge >= 0.3 is 5.69 Å². The molecule has 1 aliphatic rings. The molecule has 19 heavy (non-hydrogen) atoms. The van der Waals surface area contributed by atoms with Crippen molar-refractivity contribution in [3.63, 3.8) is 0 Å². The number of rotatable bonds is 6. The second-order valence-electron chi connectivity index (χ2n) is 4.91. The van der Waals surface area contributed by atoms with Gasteiger partial charge < -0.3 is 10.3 Å². The number of nitro benzene ring substituents is 1. The molecule has 0 spiro atoms. The summed E-state index contributed by atoms with van der Waals surface area (Å²) < 4.78 is 0. The van der Waals surface area contributed by atoms with E-state index >= 15 is 0 Å². The Morgan fingerprint density at radius 3 is 2.74 bits per heavy atom. The van der Waals surface area contributed by atoms with Gasteiger partial charge in [-0.2, -0.15) is 0 Å². The topological polar surface area (TPSA) is 84.4 Å². The van der Waals surface area contributed by atoms with Gasteiger partial charge in [-0.05, 0) is 37.8 Å². The summed E-state index contributed by atoms with van der Waals surface area (Å²) in [6.45, 7) is 3.65. The van der Waals surface area contributed by atoms with Crippen molar-refractivity contribution >= 4 is 17.1 Å². The van der Waals surface area contributed by atoms with E-state index in [2.05, 4.69) is 10.3 Å². The Balaban J connectivity index is 2.32. The summed E-state index contributed by atoms with van der Waals surface area (Å²) in [5.41, 5.74) is 3.47. The van der Waals surface area contributed by atoms with E-state index < -0.39 is 0 Å².